The van der Waals surface area contributed by atoms with Crippen LogP contribution in [0, 0.1) is 6.92 Å². The second kappa shape index (κ2) is 4.49. The van der Waals surface area contributed by atoms with E-state index >= 15 is 0 Å². The Morgan fingerprint density at radius 3 is 2.88 bits per heavy atom. The molecule has 0 saturated carbocycles. The van der Waals surface area contributed by atoms with Gasteiger partial charge in [-0.3, -0.25) is 4.68 Å². The molecule has 0 aliphatic carbocycles. The molecule has 1 atom stereocenters. The molecule has 1 unspecified atom stereocenters. The highest BCUT2D eigenvalue weighted by atomic mass is 79.9. The molecule has 0 aromatic carbocycles. The van der Waals surface area contributed by atoms with E-state index < -0.39 is 0 Å². The molecule has 0 spiro atoms. The Morgan fingerprint density at radius 2 is 2.31 bits per heavy atom. The van der Waals surface area contributed by atoms with Crippen LogP contribution < -0.4 is 5.32 Å². The Bertz CT molecular complexity index is 378. The maximum atomic E-state index is 4.54. The van der Waals surface area contributed by atoms with Crippen molar-refractivity contribution in [3.05, 3.63) is 15.9 Å². The van der Waals surface area contributed by atoms with E-state index in [1.165, 1.54) is 23.0 Å². The molecule has 1 aromatic heterocycles. The lowest BCUT2D eigenvalue weighted by molar-refractivity contribution is 0.397. The lowest BCUT2D eigenvalue weighted by atomic mass is 9.94. The van der Waals surface area contributed by atoms with Crippen LogP contribution in [-0.2, 0) is 13.0 Å². The van der Waals surface area contributed by atoms with Crippen molar-refractivity contribution in [2.45, 2.75) is 52.1 Å². The number of halogens is 1. The second-order valence-electron chi connectivity index (χ2n) is 4.93. The van der Waals surface area contributed by atoms with Gasteiger partial charge in [-0.25, -0.2) is 0 Å². The summed E-state index contributed by atoms with van der Waals surface area (Å²) in [6.45, 7) is 8.61. The largest absolute Gasteiger partial charge is 0.311 e. The minimum Gasteiger partial charge on any atom is -0.311 e. The minimum absolute atomic E-state index is 0.252. The van der Waals surface area contributed by atoms with Crippen molar-refractivity contribution in [3.8, 4) is 0 Å². The van der Waals surface area contributed by atoms with Gasteiger partial charge in [0.15, 0.2) is 0 Å². The summed E-state index contributed by atoms with van der Waals surface area (Å²) in [4.78, 5) is 0. The first kappa shape index (κ1) is 12.1. The predicted octanol–water partition coefficient (Wildman–Crippen LogP) is 2.66. The van der Waals surface area contributed by atoms with Gasteiger partial charge in [0.05, 0.1) is 15.9 Å². The Labute approximate surface area is 106 Å². The molecule has 1 aromatic rings. The third-order valence-corrected chi connectivity index (χ3v) is 4.50. The summed E-state index contributed by atoms with van der Waals surface area (Å²) in [7, 11) is 0. The average molecular weight is 286 g/mol. The fourth-order valence-corrected chi connectivity index (χ4v) is 2.94. The zero-order chi connectivity index (χ0) is 11.8. The van der Waals surface area contributed by atoms with E-state index in [2.05, 4.69) is 51.8 Å². The molecule has 2 rings (SSSR count). The van der Waals surface area contributed by atoms with Crippen LogP contribution in [-0.4, -0.2) is 21.9 Å². The summed E-state index contributed by atoms with van der Waals surface area (Å²) >= 11 is 3.66. The molecule has 1 saturated heterocycles. The van der Waals surface area contributed by atoms with Crippen LogP contribution in [0.3, 0.4) is 0 Å². The van der Waals surface area contributed by atoms with E-state index in [0.717, 1.165) is 25.2 Å². The Hall–Kier alpha value is -0.350. The van der Waals surface area contributed by atoms with Gasteiger partial charge in [0.1, 0.15) is 0 Å². The summed E-state index contributed by atoms with van der Waals surface area (Å²) in [5.74, 6) is 0. The van der Waals surface area contributed by atoms with E-state index in [4.69, 9.17) is 0 Å². The molecule has 3 nitrogen and oxygen atoms in total. The molecule has 0 bridgehead atoms. The third-order valence-electron chi connectivity index (χ3n) is 3.47. The maximum Gasteiger partial charge on any atom is 0.0738 e. The first-order valence-corrected chi connectivity index (χ1v) is 6.82. The molecule has 0 amide bonds. The Morgan fingerprint density at radius 1 is 1.56 bits per heavy atom. The van der Waals surface area contributed by atoms with Gasteiger partial charge in [0.25, 0.3) is 0 Å². The molecular formula is C12H20BrN3. The van der Waals surface area contributed by atoms with Crippen molar-refractivity contribution in [1.82, 2.24) is 15.1 Å². The standard InChI is InChI=1S/C12H20BrN3/c1-4-16-10(11(13)9(2)15-16)8-12(3)6-5-7-14-12/h14H,4-8H2,1-3H3. The molecule has 2 heterocycles. The molecule has 90 valence electrons. The van der Waals surface area contributed by atoms with E-state index in [9.17, 15) is 0 Å². The average Bonchev–Trinajstić information content (AvgIpc) is 2.78. The van der Waals surface area contributed by atoms with Crippen LogP contribution in [0.5, 0.6) is 0 Å². The monoisotopic (exact) mass is 285 g/mol. The van der Waals surface area contributed by atoms with Crippen LogP contribution in [0.25, 0.3) is 0 Å². The van der Waals surface area contributed by atoms with Gasteiger partial charge in [0, 0.05) is 18.5 Å². The van der Waals surface area contributed by atoms with E-state index in [0.29, 0.717) is 0 Å². The zero-order valence-corrected chi connectivity index (χ0v) is 11.9. The number of hydrogen-bond donors (Lipinski definition) is 1. The summed E-state index contributed by atoms with van der Waals surface area (Å²) in [5.41, 5.74) is 2.68. The van der Waals surface area contributed by atoms with Crippen LogP contribution in [0.1, 0.15) is 38.1 Å². The van der Waals surface area contributed by atoms with Crippen LogP contribution in [0.15, 0.2) is 4.47 Å². The molecule has 4 heteroatoms. The highest BCUT2D eigenvalue weighted by molar-refractivity contribution is 9.10. The van der Waals surface area contributed by atoms with Crippen LogP contribution >= 0.6 is 15.9 Å². The van der Waals surface area contributed by atoms with Crippen molar-refractivity contribution < 1.29 is 0 Å². The number of nitrogens with zero attached hydrogens (tertiary/aromatic N) is 2. The van der Waals surface area contributed by atoms with Crippen LogP contribution in [0.2, 0.25) is 0 Å². The zero-order valence-electron chi connectivity index (χ0n) is 10.3. The molecule has 1 N–H and O–H groups in total. The fourth-order valence-electron chi connectivity index (χ4n) is 2.52. The summed E-state index contributed by atoms with van der Waals surface area (Å²) < 4.78 is 3.30. The minimum atomic E-state index is 0.252. The maximum absolute atomic E-state index is 4.54. The number of aromatic nitrogens is 2. The summed E-state index contributed by atoms with van der Waals surface area (Å²) in [5, 5.41) is 8.15. The van der Waals surface area contributed by atoms with Gasteiger partial charge < -0.3 is 5.32 Å². The third kappa shape index (κ3) is 2.18. The fraction of sp³-hybridized carbons (Fsp3) is 0.750. The van der Waals surface area contributed by atoms with Crippen molar-refractivity contribution in [1.29, 1.82) is 0 Å². The molecule has 1 aliphatic rings. The number of hydrogen-bond acceptors (Lipinski definition) is 2. The van der Waals surface area contributed by atoms with Gasteiger partial charge in [-0.2, -0.15) is 5.10 Å². The number of aryl methyl sites for hydroxylation is 2. The normalized spacial score (nSPS) is 25.2. The van der Waals surface area contributed by atoms with Crippen molar-refractivity contribution >= 4 is 15.9 Å². The number of rotatable bonds is 3. The molecular weight excluding hydrogens is 266 g/mol. The Balaban J connectivity index is 2.26. The first-order valence-electron chi connectivity index (χ1n) is 6.02. The topological polar surface area (TPSA) is 29.9 Å². The number of nitrogens with one attached hydrogen (secondary N) is 1. The lowest BCUT2D eigenvalue weighted by Crippen LogP contribution is -2.39. The molecule has 16 heavy (non-hydrogen) atoms. The van der Waals surface area contributed by atoms with Crippen molar-refractivity contribution in [3.63, 3.8) is 0 Å². The van der Waals surface area contributed by atoms with Gasteiger partial charge in [-0.1, -0.05) is 0 Å². The SMILES string of the molecule is CCn1nc(C)c(Br)c1CC1(C)CCCN1. The van der Waals surface area contributed by atoms with Crippen molar-refractivity contribution in [2.24, 2.45) is 0 Å². The van der Waals surface area contributed by atoms with Crippen molar-refractivity contribution in [2.75, 3.05) is 6.54 Å². The van der Waals surface area contributed by atoms with E-state index in [1.54, 1.807) is 0 Å². The molecule has 1 fully saturated rings. The smallest absolute Gasteiger partial charge is 0.0738 e. The highest BCUT2D eigenvalue weighted by Crippen LogP contribution is 2.29. The van der Waals surface area contributed by atoms with Gasteiger partial charge in [-0.15, -0.1) is 0 Å². The summed E-state index contributed by atoms with van der Waals surface area (Å²) in [6, 6.07) is 0. The summed E-state index contributed by atoms with van der Waals surface area (Å²) in [6.07, 6.45) is 3.60. The predicted molar refractivity (Wildman–Crippen MR) is 69.7 cm³/mol. The van der Waals surface area contributed by atoms with Gasteiger partial charge >= 0.3 is 0 Å². The first-order chi connectivity index (χ1) is 7.56. The van der Waals surface area contributed by atoms with E-state index in [-0.39, 0.29) is 5.54 Å². The van der Waals surface area contributed by atoms with Gasteiger partial charge in [-0.05, 0) is 56.1 Å². The lowest BCUT2D eigenvalue weighted by Gasteiger charge is -2.24. The second-order valence-corrected chi connectivity index (χ2v) is 5.72. The molecule has 1 aliphatic heterocycles. The van der Waals surface area contributed by atoms with Gasteiger partial charge in [0.2, 0.25) is 0 Å². The van der Waals surface area contributed by atoms with E-state index in [1.807, 2.05) is 0 Å². The highest BCUT2D eigenvalue weighted by Gasteiger charge is 2.30. The Kier molecular flexibility index (Phi) is 3.40. The quantitative estimate of drug-likeness (QED) is 0.925. The van der Waals surface area contributed by atoms with Crippen LogP contribution in [0.4, 0.5) is 0 Å². The molecule has 0 radical (unpaired) electrons.